The highest BCUT2D eigenvalue weighted by molar-refractivity contribution is 7.89. The Morgan fingerprint density at radius 1 is 1.13 bits per heavy atom. The van der Waals surface area contributed by atoms with Crippen LogP contribution in [0.15, 0.2) is 59.6 Å². The summed E-state index contributed by atoms with van der Waals surface area (Å²) in [5, 5.41) is 11.7. The molecule has 2 aromatic heterocycles. The lowest BCUT2D eigenvalue weighted by molar-refractivity contribution is -0.141. The molecule has 1 aliphatic heterocycles. The van der Waals surface area contributed by atoms with Gasteiger partial charge in [-0.05, 0) is 54.8 Å². The van der Waals surface area contributed by atoms with Crippen molar-refractivity contribution in [2.45, 2.75) is 36.5 Å². The summed E-state index contributed by atoms with van der Waals surface area (Å²) >= 11 is 0. The largest absolute Gasteiger partial charge is 0.475 e. The van der Waals surface area contributed by atoms with Gasteiger partial charge in [0.25, 0.3) is 0 Å². The van der Waals surface area contributed by atoms with Crippen LogP contribution in [-0.4, -0.2) is 59.5 Å². The average Bonchev–Trinajstić information content (AvgIpc) is 3.42. The van der Waals surface area contributed by atoms with Gasteiger partial charge in [-0.1, -0.05) is 6.07 Å². The van der Waals surface area contributed by atoms with Gasteiger partial charge in [0.1, 0.15) is 24.2 Å². The topological polar surface area (TPSA) is 122 Å². The summed E-state index contributed by atoms with van der Waals surface area (Å²) in [7, 11) is -4.05. The number of aliphatic hydroxyl groups is 1. The van der Waals surface area contributed by atoms with E-state index in [2.05, 4.69) is 15.3 Å². The second-order valence-electron chi connectivity index (χ2n) is 8.63. The molecule has 0 radical (unpaired) electrons. The van der Waals surface area contributed by atoms with Crippen molar-refractivity contribution in [2.75, 3.05) is 19.8 Å². The van der Waals surface area contributed by atoms with Gasteiger partial charge in [0.15, 0.2) is 0 Å². The second-order valence-corrected chi connectivity index (χ2v) is 10.5. The third-order valence-electron chi connectivity index (χ3n) is 5.95. The monoisotopic (exact) mass is 568 g/mol. The van der Waals surface area contributed by atoms with Crippen LogP contribution >= 0.6 is 0 Å². The van der Waals surface area contributed by atoms with Crippen LogP contribution in [-0.2, 0) is 27.5 Å². The van der Waals surface area contributed by atoms with Crippen LogP contribution in [0.1, 0.15) is 24.2 Å². The number of ether oxygens (including phenoxy) is 1. The fraction of sp³-hybridized carbons (Fsp3) is 0.320. The number of pyridine rings is 2. The molecule has 0 saturated carbocycles. The number of carbonyl (C=O) groups is 1. The van der Waals surface area contributed by atoms with Crippen molar-refractivity contribution in [3.05, 3.63) is 71.9 Å². The summed E-state index contributed by atoms with van der Waals surface area (Å²) in [6.07, 6.45) is -2.82. The second kappa shape index (κ2) is 11.6. The van der Waals surface area contributed by atoms with Gasteiger partial charge in [0, 0.05) is 24.4 Å². The molecular weight excluding hydrogens is 544 g/mol. The molecule has 0 unspecified atom stereocenters. The molecule has 0 spiro atoms. The molecule has 208 valence electrons. The van der Waals surface area contributed by atoms with E-state index in [-0.39, 0.29) is 49.2 Å². The fourth-order valence-electron chi connectivity index (χ4n) is 4.10. The number of nitrogens with one attached hydrogen (secondary N) is 1. The van der Waals surface area contributed by atoms with Crippen LogP contribution in [0, 0.1) is 5.82 Å². The molecule has 1 aliphatic rings. The zero-order chi connectivity index (χ0) is 28.2. The zero-order valence-corrected chi connectivity index (χ0v) is 21.2. The van der Waals surface area contributed by atoms with Crippen LogP contribution in [0.5, 0.6) is 5.88 Å². The predicted octanol–water partition coefficient (Wildman–Crippen LogP) is 3.14. The summed E-state index contributed by atoms with van der Waals surface area (Å²) in [6.45, 7) is -0.422. The summed E-state index contributed by atoms with van der Waals surface area (Å²) in [6, 6.07) is 8.39. The third kappa shape index (κ3) is 6.69. The van der Waals surface area contributed by atoms with E-state index >= 15 is 0 Å². The quantitative estimate of drug-likeness (QED) is 0.381. The van der Waals surface area contributed by atoms with E-state index in [0.717, 1.165) is 40.8 Å². The highest BCUT2D eigenvalue weighted by atomic mass is 32.2. The highest BCUT2D eigenvalue weighted by Gasteiger charge is 2.39. The first-order valence-corrected chi connectivity index (χ1v) is 13.3. The standard InChI is InChI=1S/C25H24F4N4O5S/c26-18-4-6-20(7-5-18)39(36,37)33-9-1-2-21(33)24(35)31-15-19-12-17(13-23(32-19)38-11-10-34)16-3-8-22(30-14-16)25(27,28)29/h3-8,12-14,21,34H,1-2,9-11,15H2,(H,31,35)/t21-/m0/s1. The van der Waals surface area contributed by atoms with Crippen LogP contribution < -0.4 is 10.1 Å². The lowest BCUT2D eigenvalue weighted by atomic mass is 10.1. The number of aromatic nitrogens is 2. The van der Waals surface area contributed by atoms with Crippen LogP contribution in [0.4, 0.5) is 17.6 Å². The van der Waals surface area contributed by atoms with E-state index in [4.69, 9.17) is 9.84 Å². The minimum atomic E-state index is -4.60. The Labute approximate surface area is 221 Å². The van der Waals surface area contributed by atoms with Gasteiger partial charge in [-0.2, -0.15) is 17.5 Å². The molecule has 2 N–H and O–H groups in total. The molecule has 1 atom stereocenters. The van der Waals surface area contributed by atoms with Gasteiger partial charge in [-0.25, -0.2) is 17.8 Å². The number of halogens is 4. The van der Waals surface area contributed by atoms with Crippen molar-refractivity contribution in [3.8, 4) is 17.0 Å². The van der Waals surface area contributed by atoms with Gasteiger partial charge in [0.2, 0.25) is 21.8 Å². The van der Waals surface area contributed by atoms with E-state index in [1.807, 2.05) is 0 Å². The van der Waals surface area contributed by atoms with Crippen molar-refractivity contribution in [3.63, 3.8) is 0 Å². The molecule has 9 nitrogen and oxygen atoms in total. The Hall–Kier alpha value is -3.62. The van der Waals surface area contributed by atoms with Crippen LogP contribution in [0.25, 0.3) is 11.1 Å². The molecule has 1 fully saturated rings. The molecule has 1 aromatic carbocycles. The smallest absolute Gasteiger partial charge is 0.433 e. The first-order chi connectivity index (χ1) is 18.5. The van der Waals surface area contributed by atoms with E-state index in [9.17, 15) is 30.8 Å². The average molecular weight is 569 g/mol. The molecule has 3 aromatic rings. The number of aliphatic hydroxyl groups excluding tert-OH is 1. The Bertz CT molecular complexity index is 1420. The van der Waals surface area contributed by atoms with E-state index in [1.54, 1.807) is 0 Å². The Balaban J connectivity index is 1.52. The number of carbonyl (C=O) groups excluding carboxylic acids is 1. The Morgan fingerprint density at radius 2 is 1.87 bits per heavy atom. The highest BCUT2D eigenvalue weighted by Crippen LogP contribution is 2.30. The Kier molecular flexibility index (Phi) is 8.47. The number of hydrogen-bond donors (Lipinski definition) is 2. The SMILES string of the molecule is O=C(NCc1cc(-c2ccc(C(F)(F)F)nc2)cc(OCCO)n1)[C@@H]1CCCN1S(=O)(=O)c1ccc(F)cc1. The predicted molar refractivity (Wildman–Crippen MR) is 130 cm³/mol. The number of sulfonamides is 1. The fourth-order valence-corrected chi connectivity index (χ4v) is 5.76. The molecule has 39 heavy (non-hydrogen) atoms. The van der Waals surface area contributed by atoms with Gasteiger partial charge < -0.3 is 15.2 Å². The summed E-state index contributed by atoms with van der Waals surface area (Å²) in [5.74, 6) is -1.10. The van der Waals surface area contributed by atoms with Crippen LogP contribution in [0.2, 0.25) is 0 Å². The summed E-state index contributed by atoms with van der Waals surface area (Å²) < 4.78 is 84.5. The number of alkyl halides is 3. The minimum Gasteiger partial charge on any atom is -0.475 e. The van der Waals surface area contributed by atoms with E-state index in [1.165, 1.54) is 18.2 Å². The first-order valence-electron chi connectivity index (χ1n) is 11.8. The van der Waals surface area contributed by atoms with Gasteiger partial charge in [-0.3, -0.25) is 9.78 Å². The van der Waals surface area contributed by atoms with E-state index < -0.39 is 39.7 Å². The van der Waals surface area contributed by atoms with Crippen molar-refractivity contribution in [1.29, 1.82) is 0 Å². The number of rotatable bonds is 9. The molecule has 3 heterocycles. The maximum Gasteiger partial charge on any atom is 0.433 e. The normalized spacial score (nSPS) is 16.3. The number of hydrogen-bond acceptors (Lipinski definition) is 7. The third-order valence-corrected chi connectivity index (χ3v) is 7.88. The van der Waals surface area contributed by atoms with Crippen molar-refractivity contribution in [1.82, 2.24) is 19.6 Å². The zero-order valence-electron chi connectivity index (χ0n) is 20.4. The molecule has 0 aliphatic carbocycles. The lowest BCUT2D eigenvalue weighted by Gasteiger charge is -2.23. The minimum absolute atomic E-state index is 0.0621. The number of nitrogens with zero attached hydrogens (tertiary/aromatic N) is 3. The van der Waals surface area contributed by atoms with Crippen LogP contribution in [0.3, 0.4) is 0 Å². The molecule has 0 bridgehead atoms. The molecule has 1 saturated heterocycles. The lowest BCUT2D eigenvalue weighted by Crippen LogP contribution is -2.45. The maximum absolute atomic E-state index is 13.3. The van der Waals surface area contributed by atoms with Crippen molar-refractivity contribution < 1.29 is 40.6 Å². The Morgan fingerprint density at radius 3 is 2.51 bits per heavy atom. The molecular formula is C25H24F4N4O5S. The molecule has 4 rings (SSSR count). The maximum atomic E-state index is 13.3. The van der Waals surface area contributed by atoms with Gasteiger partial charge >= 0.3 is 6.18 Å². The molecule has 14 heteroatoms. The summed E-state index contributed by atoms with van der Waals surface area (Å²) in [5.41, 5.74) is -0.0372. The van der Waals surface area contributed by atoms with Crippen molar-refractivity contribution >= 4 is 15.9 Å². The summed E-state index contributed by atoms with van der Waals surface area (Å²) in [4.78, 5) is 20.6. The van der Waals surface area contributed by atoms with E-state index in [0.29, 0.717) is 17.5 Å². The van der Waals surface area contributed by atoms with Gasteiger partial charge in [0.05, 0.1) is 23.7 Å². The number of benzene rings is 1. The number of amides is 1. The molecule has 1 amide bonds. The first kappa shape index (κ1) is 28.4. The van der Waals surface area contributed by atoms with Gasteiger partial charge in [-0.15, -0.1) is 0 Å². The van der Waals surface area contributed by atoms with Crippen molar-refractivity contribution in [2.24, 2.45) is 0 Å².